The van der Waals surface area contributed by atoms with E-state index in [0.717, 1.165) is 18.7 Å². The van der Waals surface area contributed by atoms with Crippen molar-refractivity contribution in [2.24, 2.45) is 16.8 Å². The lowest BCUT2D eigenvalue weighted by atomic mass is 10.0. The summed E-state index contributed by atoms with van der Waals surface area (Å²) in [5, 5.41) is 7.28. The Morgan fingerprint density at radius 1 is 1.19 bits per heavy atom. The van der Waals surface area contributed by atoms with E-state index in [1.807, 2.05) is 23.5 Å². The Kier molecular flexibility index (Phi) is 6.94. The summed E-state index contributed by atoms with van der Waals surface area (Å²) in [5.41, 5.74) is 6.27. The number of thiophene rings is 1. The maximum absolute atomic E-state index is 6.06. The third-order valence-electron chi connectivity index (χ3n) is 6.03. The van der Waals surface area contributed by atoms with E-state index in [1.54, 1.807) is 0 Å². The Morgan fingerprint density at radius 3 is 2.74 bits per heavy atom. The fraction of sp³-hybridized carbons (Fsp3) is 0.375. The SMILES string of the molecule is CC1CCCCN1c1csc2ccc(COc3ccc(CC/C(=N/N)NN)cc3)cc12. The predicted molar refractivity (Wildman–Crippen MR) is 131 cm³/mol. The van der Waals surface area contributed by atoms with Gasteiger partial charge in [-0.25, -0.2) is 5.84 Å². The minimum atomic E-state index is 0.557. The molecule has 0 bridgehead atoms. The van der Waals surface area contributed by atoms with Gasteiger partial charge >= 0.3 is 0 Å². The quantitative estimate of drug-likeness (QED) is 0.219. The first-order valence-electron chi connectivity index (χ1n) is 10.9. The number of hydrogen-bond donors (Lipinski definition) is 3. The van der Waals surface area contributed by atoms with E-state index in [2.05, 4.69) is 58.1 Å². The van der Waals surface area contributed by atoms with Crippen LogP contribution in [-0.4, -0.2) is 18.4 Å². The van der Waals surface area contributed by atoms with Gasteiger partial charge in [-0.1, -0.05) is 18.2 Å². The van der Waals surface area contributed by atoms with Crippen molar-refractivity contribution in [2.75, 3.05) is 11.4 Å². The lowest BCUT2D eigenvalue weighted by Crippen LogP contribution is -2.37. The maximum atomic E-state index is 6.06. The summed E-state index contributed by atoms with van der Waals surface area (Å²) >= 11 is 1.83. The molecule has 3 aromatic rings. The van der Waals surface area contributed by atoms with E-state index in [-0.39, 0.29) is 0 Å². The molecule has 1 atom stereocenters. The number of aryl methyl sites for hydroxylation is 1. The van der Waals surface area contributed by atoms with Crippen LogP contribution in [0.15, 0.2) is 52.9 Å². The number of piperidine rings is 1. The Morgan fingerprint density at radius 2 is 2.00 bits per heavy atom. The molecule has 1 saturated heterocycles. The molecule has 0 amide bonds. The van der Waals surface area contributed by atoms with Crippen LogP contribution in [0.5, 0.6) is 5.75 Å². The molecule has 0 radical (unpaired) electrons. The molecule has 0 aliphatic carbocycles. The zero-order valence-corrected chi connectivity index (χ0v) is 18.8. The molecule has 1 unspecified atom stereocenters. The monoisotopic (exact) mass is 437 g/mol. The summed E-state index contributed by atoms with van der Waals surface area (Å²) in [5.74, 6) is 12.1. The van der Waals surface area contributed by atoms with Gasteiger partial charge in [0, 0.05) is 34.5 Å². The molecular weight excluding hydrogens is 406 g/mol. The van der Waals surface area contributed by atoms with Crippen LogP contribution >= 0.6 is 11.3 Å². The van der Waals surface area contributed by atoms with Crippen molar-refractivity contribution in [1.29, 1.82) is 0 Å². The number of fused-ring (bicyclic) bond motifs is 1. The van der Waals surface area contributed by atoms with Gasteiger partial charge in [0.15, 0.2) is 0 Å². The van der Waals surface area contributed by atoms with E-state index in [1.165, 1.54) is 46.2 Å². The van der Waals surface area contributed by atoms with Gasteiger partial charge < -0.3 is 20.9 Å². The second kappa shape index (κ2) is 10.0. The van der Waals surface area contributed by atoms with E-state index in [0.29, 0.717) is 24.9 Å². The molecule has 1 aromatic heterocycles. The number of hydrazone groups is 1. The van der Waals surface area contributed by atoms with Gasteiger partial charge in [0.1, 0.15) is 18.2 Å². The maximum Gasteiger partial charge on any atom is 0.136 e. The van der Waals surface area contributed by atoms with Gasteiger partial charge in [-0.2, -0.15) is 5.10 Å². The predicted octanol–water partition coefficient (Wildman–Crippen LogP) is 4.53. The first-order chi connectivity index (χ1) is 15.2. The summed E-state index contributed by atoms with van der Waals surface area (Å²) in [4.78, 5) is 2.58. The molecule has 4 rings (SSSR count). The number of benzene rings is 2. The zero-order valence-electron chi connectivity index (χ0n) is 18.0. The first kappa shape index (κ1) is 21.5. The summed E-state index contributed by atoms with van der Waals surface area (Å²) in [6.45, 7) is 4.05. The molecule has 5 N–H and O–H groups in total. The molecule has 1 fully saturated rings. The number of amidine groups is 1. The number of hydrogen-bond acceptors (Lipinski definition) is 6. The minimum Gasteiger partial charge on any atom is -0.489 e. The van der Waals surface area contributed by atoms with Crippen molar-refractivity contribution in [2.45, 2.75) is 51.7 Å². The number of nitrogens with two attached hydrogens (primary N) is 2. The highest BCUT2D eigenvalue weighted by atomic mass is 32.1. The van der Waals surface area contributed by atoms with Crippen LogP contribution in [-0.2, 0) is 13.0 Å². The lowest BCUT2D eigenvalue weighted by molar-refractivity contribution is 0.306. The number of nitrogens with zero attached hydrogens (tertiary/aromatic N) is 2. The largest absolute Gasteiger partial charge is 0.489 e. The fourth-order valence-corrected chi connectivity index (χ4v) is 5.12. The third kappa shape index (κ3) is 5.11. The average Bonchev–Trinajstić information content (AvgIpc) is 3.22. The van der Waals surface area contributed by atoms with Crippen molar-refractivity contribution in [3.63, 3.8) is 0 Å². The van der Waals surface area contributed by atoms with Crippen LogP contribution in [0.3, 0.4) is 0 Å². The Balaban J connectivity index is 1.40. The molecule has 1 aliphatic rings. The van der Waals surface area contributed by atoms with Crippen LogP contribution in [0.2, 0.25) is 0 Å². The van der Waals surface area contributed by atoms with Crippen LogP contribution in [0.4, 0.5) is 5.69 Å². The topological polar surface area (TPSA) is 88.9 Å². The van der Waals surface area contributed by atoms with Crippen LogP contribution in [0.25, 0.3) is 10.1 Å². The minimum absolute atomic E-state index is 0.557. The number of hydrazine groups is 1. The van der Waals surface area contributed by atoms with Gasteiger partial charge in [-0.3, -0.25) is 0 Å². The van der Waals surface area contributed by atoms with Crippen LogP contribution in [0, 0.1) is 0 Å². The van der Waals surface area contributed by atoms with Crippen molar-refractivity contribution in [1.82, 2.24) is 5.43 Å². The van der Waals surface area contributed by atoms with Crippen LogP contribution < -0.4 is 26.7 Å². The molecule has 6 nitrogen and oxygen atoms in total. The first-order valence-corrected chi connectivity index (χ1v) is 11.8. The second-order valence-corrected chi connectivity index (χ2v) is 9.05. The number of nitrogens with one attached hydrogen (secondary N) is 1. The van der Waals surface area contributed by atoms with Crippen LogP contribution in [0.1, 0.15) is 43.7 Å². The Hall–Kier alpha value is -2.77. The van der Waals surface area contributed by atoms with Crippen molar-refractivity contribution in [3.8, 4) is 5.75 Å². The number of anilines is 1. The standard InChI is InChI=1S/C24H31N5OS/c1-17-4-2-3-13-29(17)22-16-31-23-11-7-19(14-21(22)23)15-30-20-9-5-18(6-10-20)8-12-24(27-25)28-26/h5-7,9-11,14,16-17H,2-4,8,12-13,15,25-26H2,1H3,(H,27,28). The van der Waals surface area contributed by atoms with Gasteiger partial charge in [-0.05, 0) is 68.0 Å². The van der Waals surface area contributed by atoms with Crippen molar-refractivity contribution in [3.05, 3.63) is 59.0 Å². The molecule has 0 saturated carbocycles. The van der Waals surface area contributed by atoms with Gasteiger partial charge in [0.2, 0.25) is 0 Å². The number of rotatable bonds is 7. The summed E-state index contributed by atoms with van der Waals surface area (Å²) in [7, 11) is 0. The summed E-state index contributed by atoms with van der Waals surface area (Å²) in [6, 6.07) is 15.5. The Labute approximate surface area is 187 Å². The van der Waals surface area contributed by atoms with Gasteiger partial charge in [-0.15, -0.1) is 11.3 Å². The molecule has 164 valence electrons. The normalized spacial score (nSPS) is 17.2. The van der Waals surface area contributed by atoms with Gasteiger partial charge in [0.05, 0.1) is 5.69 Å². The van der Waals surface area contributed by atoms with Crippen molar-refractivity contribution < 1.29 is 4.74 Å². The molecule has 31 heavy (non-hydrogen) atoms. The molecule has 7 heteroatoms. The lowest BCUT2D eigenvalue weighted by Gasteiger charge is -2.35. The highest BCUT2D eigenvalue weighted by Gasteiger charge is 2.21. The number of ether oxygens (including phenoxy) is 1. The Bertz CT molecular complexity index is 1030. The zero-order chi connectivity index (χ0) is 21.6. The van der Waals surface area contributed by atoms with Crippen molar-refractivity contribution >= 4 is 32.9 Å². The average molecular weight is 438 g/mol. The molecule has 2 heterocycles. The summed E-state index contributed by atoms with van der Waals surface area (Å²) < 4.78 is 7.40. The molecule has 0 spiro atoms. The fourth-order valence-electron chi connectivity index (χ4n) is 4.19. The highest BCUT2D eigenvalue weighted by Crippen LogP contribution is 2.37. The highest BCUT2D eigenvalue weighted by molar-refractivity contribution is 7.17. The molecular formula is C24H31N5OS. The third-order valence-corrected chi connectivity index (χ3v) is 6.98. The van der Waals surface area contributed by atoms with E-state index in [9.17, 15) is 0 Å². The second-order valence-electron chi connectivity index (χ2n) is 8.14. The summed E-state index contributed by atoms with van der Waals surface area (Å²) in [6.07, 6.45) is 5.38. The van der Waals surface area contributed by atoms with E-state index >= 15 is 0 Å². The van der Waals surface area contributed by atoms with E-state index < -0.39 is 0 Å². The molecule has 1 aliphatic heterocycles. The smallest absolute Gasteiger partial charge is 0.136 e. The molecule has 2 aromatic carbocycles. The van der Waals surface area contributed by atoms with E-state index in [4.69, 9.17) is 16.4 Å². The van der Waals surface area contributed by atoms with Gasteiger partial charge in [0.25, 0.3) is 0 Å².